The summed E-state index contributed by atoms with van der Waals surface area (Å²) >= 11 is 0. The van der Waals surface area contributed by atoms with Gasteiger partial charge in [-0.05, 0) is 44.6 Å². The summed E-state index contributed by atoms with van der Waals surface area (Å²) in [6.07, 6.45) is 16.4. The van der Waals surface area contributed by atoms with Crippen molar-refractivity contribution < 1.29 is 8.42 Å². The van der Waals surface area contributed by atoms with Gasteiger partial charge in [-0.15, -0.1) is 10.2 Å². The summed E-state index contributed by atoms with van der Waals surface area (Å²) in [5.41, 5.74) is 10.6. The number of aromatic nitrogens is 7. The summed E-state index contributed by atoms with van der Waals surface area (Å²) in [6, 6.07) is 4.84. The first-order valence-corrected chi connectivity index (χ1v) is 16.2. The highest BCUT2D eigenvalue weighted by Crippen LogP contribution is 2.45. The zero-order valence-corrected chi connectivity index (χ0v) is 23.5. The highest BCUT2D eigenvalue weighted by Gasteiger charge is 2.43. The first kappa shape index (κ1) is 25.6. The minimum atomic E-state index is -3.65. The van der Waals surface area contributed by atoms with Crippen molar-refractivity contribution in [2.24, 2.45) is 0 Å². The lowest BCUT2D eigenvalue weighted by Gasteiger charge is -2.38. The molecule has 2 saturated heterocycles. The van der Waals surface area contributed by atoms with Crippen LogP contribution < -0.4 is 5.73 Å². The van der Waals surface area contributed by atoms with Crippen molar-refractivity contribution in [3.63, 3.8) is 0 Å². The Hall–Kier alpha value is -3.38. The lowest BCUT2D eigenvalue weighted by molar-refractivity contribution is 0.114. The molecule has 0 aromatic carbocycles. The fourth-order valence-electron chi connectivity index (χ4n) is 7.32. The van der Waals surface area contributed by atoms with Crippen molar-refractivity contribution in [1.82, 2.24) is 39.7 Å². The maximum absolute atomic E-state index is 13.1. The van der Waals surface area contributed by atoms with Crippen LogP contribution in [0.5, 0.6) is 0 Å². The van der Waals surface area contributed by atoms with Crippen molar-refractivity contribution in [1.29, 1.82) is 0 Å². The Labute approximate surface area is 233 Å². The van der Waals surface area contributed by atoms with E-state index in [2.05, 4.69) is 37.3 Å². The van der Waals surface area contributed by atoms with Crippen molar-refractivity contribution >= 4 is 21.3 Å². The fourth-order valence-corrected chi connectivity index (χ4v) is 8.38. The van der Waals surface area contributed by atoms with Crippen LogP contribution in [0.15, 0.2) is 35.7 Å². The molecule has 6 heterocycles. The minimum absolute atomic E-state index is 0.0185. The van der Waals surface area contributed by atoms with Gasteiger partial charge in [0.15, 0.2) is 15.5 Å². The lowest BCUT2D eigenvalue weighted by atomic mass is 9.86. The van der Waals surface area contributed by atoms with Crippen molar-refractivity contribution in [3.05, 3.63) is 48.1 Å². The molecule has 12 heteroatoms. The molecule has 1 saturated carbocycles. The molecule has 3 aliphatic rings. The number of piperidine rings is 1. The number of nitrogen functional groups attached to an aromatic ring is 1. The van der Waals surface area contributed by atoms with Crippen LogP contribution in [0.2, 0.25) is 0 Å². The number of nitrogens with two attached hydrogens (primary N) is 1. The molecule has 40 heavy (non-hydrogen) atoms. The molecule has 2 aliphatic heterocycles. The number of aromatic amines is 1. The molecule has 2 atom stereocenters. The molecule has 4 aromatic rings. The second-order valence-electron chi connectivity index (χ2n) is 11.7. The first-order valence-electron chi connectivity index (χ1n) is 14.3. The predicted octanol–water partition coefficient (Wildman–Crippen LogP) is 3.85. The van der Waals surface area contributed by atoms with Gasteiger partial charge in [0.25, 0.3) is 0 Å². The van der Waals surface area contributed by atoms with Crippen LogP contribution in [0.4, 0.5) is 5.82 Å². The topological polar surface area (TPSA) is 148 Å². The Bertz CT molecular complexity index is 1610. The quantitative estimate of drug-likeness (QED) is 0.358. The van der Waals surface area contributed by atoms with Gasteiger partial charge < -0.3 is 10.7 Å². The van der Waals surface area contributed by atoms with Gasteiger partial charge in [-0.3, -0.25) is 9.88 Å². The minimum Gasteiger partial charge on any atom is -0.382 e. The number of hydrogen-bond donors (Lipinski definition) is 2. The number of hydrogen-bond acceptors (Lipinski definition) is 9. The fraction of sp³-hybridized carbons (Fsp3) is 0.536. The standard InChI is InChI=1S/C28H35N9O2S/c1-40(38,39)26-25(19-11-20-8-9-21(12-19)36(20)15-24-31-16-32-35-24)34-28-22(14-33-37(28)27(26)29)18-7-10-23(30-13-18)17-5-3-2-4-6-17/h7,10,13-14,16-17,19-21H,2-6,8-9,11-12,15,29H2,1H3,(H,31,32,35). The van der Waals surface area contributed by atoms with Gasteiger partial charge >= 0.3 is 0 Å². The van der Waals surface area contributed by atoms with Crippen LogP contribution in [0.1, 0.15) is 86.8 Å². The number of H-pyrrole nitrogens is 1. The third kappa shape index (κ3) is 4.46. The van der Waals surface area contributed by atoms with Gasteiger partial charge in [0.05, 0.1) is 18.4 Å². The SMILES string of the molecule is CS(=O)(=O)c1c(C2CC3CCC(C2)N3Cc2nnc[nH]2)nc2c(-c3ccc(C4CCCCC4)nc3)cnn2c1N. The smallest absolute Gasteiger partial charge is 0.180 e. The Morgan fingerprint density at radius 3 is 2.45 bits per heavy atom. The molecule has 2 bridgehead atoms. The van der Waals surface area contributed by atoms with Crippen molar-refractivity contribution in [2.75, 3.05) is 12.0 Å². The summed E-state index contributed by atoms with van der Waals surface area (Å²) < 4.78 is 27.6. The summed E-state index contributed by atoms with van der Waals surface area (Å²) in [4.78, 5) is 15.5. The van der Waals surface area contributed by atoms with Crippen molar-refractivity contribution in [3.8, 4) is 11.1 Å². The number of rotatable bonds is 6. The van der Waals surface area contributed by atoms with Crippen LogP contribution in [0.3, 0.4) is 0 Å². The molecule has 0 spiro atoms. The molecular weight excluding hydrogens is 526 g/mol. The molecule has 2 unspecified atom stereocenters. The number of nitrogens with zero attached hydrogens (tertiary/aromatic N) is 7. The Kier molecular flexibility index (Phi) is 6.34. The second-order valence-corrected chi connectivity index (χ2v) is 13.7. The number of pyridine rings is 1. The summed E-state index contributed by atoms with van der Waals surface area (Å²) in [7, 11) is -3.65. The van der Waals surface area contributed by atoms with Crippen LogP contribution in [-0.4, -0.2) is 66.4 Å². The van der Waals surface area contributed by atoms with Gasteiger partial charge in [-0.1, -0.05) is 25.3 Å². The lowest BCUT2D eigenvalue weighted by Crippen LogP contribution is -2.42. The Morgan fingerprint density at radius 1 is 1.02 bits per heavy atom. The van der Waals surface area contributed by atoms with Crippen LogP contribution in [-0.2, 0) is 16.4 Å². The molecule has 0 radical (unpaired) electrons. The number of sulfone groups is 1. The number of anilines is 1. The van der Waals surface area contributed by atoms with Gasteiger partial charge in [0.1, 0.15) is 22.9 Å². The van der Waals surface area contributed by atoms with E-state index in [0.717, 1.165) is 48.3 Å². The molecule has 4 aromatic heterocycles. The van der Waals surface area contributed by atoms with Crippen LogP contribution >= 0.6 is 0 Å². The maximum Gasteiger partial charge on any atom is 0.180 e. The van der Waals surface area contributed by atoms with E-state index in [1.807, 2.05) is 6.20 Å². The second kappa shape index (κ2) is 9.91. The Balaban J connectivity index is 1.25. The highest BCUT2D eigenvalue weighted by atomic mass is 32.2. The summed E-state index contributed by atoms with van der Waals surface area (Å²) in [5.74, 6) is 1.48. The normalized spacial score (nSPS) is 24.2. The largest absolute Gasteiger partial charge is 0.382 e. The number of fused-ring (bicyclic) bond motifs is 3. The van der Waals surface area contributed by atoms with E-state index < -0.39 is 9.84 Å². The highest BCUT2D eigenvalue weighted by molar-refractivity contribution is 7.91. The van der Waals surface area contributed by atoms with E-state index in [9.17, 15) is 8.42 Å². The zero-order valence-electron chi connectivity index (χ0n) is 22.7. The molecule has 3 N–H and O–H groups in total. The third-order valence-electron chi connectivity index (χ3n) is 9.23. The monoisotopic (exact) mass is 561 g/mol. The van der Waals surface area contributed by atoms with Crippen LogP contribution in [0, 0.1) is 0 Å². The van der Waals surface area contributed by atoms with Gasteiger partial charge in [-0.2, -0.15) is 9.61 Å². The van der Waals surface area contributed by atoms with E-state index in [1.165, 1.54) is 42.9 Å². The van der Waals surface area contributed by atoms with Gasteiger partial charge in [0, 0.05) is 53.2 Å². The molecule has 1 aliphatic carbocycles. The van der Waals surface area contributed by atoms with E-state index in [4.69, 9.17) is 15.7 Å². The molecule has 11 nitrogen and oxygen atoms in total. The van der Waals surface area contributed by atoms with E-state index >= 15 is 0 Å². The summed E-state index contributed by atoms with van der Waals surface area (Å²) in [6.45, 7) is 0.714. The first-order chi connectivity index (χ1) is 19.4. The molecule has 0 amide bonds. The molecule has 3 fully saturated rings. The average Bonchev–Trinajstić information content (AvgIpc) is 3.67. The van der Waals surface area contributed by atoms with Crippen LogP contribution in [0.25, 0.3) is 16.8 Å². The third-order valence-corrected chi connectivity index (χ3v) is 10.4. The van der Waals surface area contributed by atoms with Gasteiger partial charge in [0.2, 0.25) is 0 Å². The molecule has 7 rings (SSSR count). The van der Waals surface area contributed by atoms with E-state index in [1.54, 1.807) is 12.5 Å². The maximum atomic E-state index is 13.1. The van der Waals surface area contributed by atoms with E-state index in [-0.39, 0.29) is 16.6 Å². The Morgan fingerprint density at radius 2 is 1.80 bits per heavy atom. The zero-order chi connectivity index (χ0) is 27.4. The van der Waals surface area contributed by atoms with Crippen molar-refractivity contribution in [2.45, 2.75) is 93.1 Å². The average molecular weight is 562 g/mol. The van der Waals surface area contributed by atoms with E-state index in [0.29, 0.717) is 35.9 Å². The predicted molar refractivity (Wildman–Crippen MR) is 150 cm³/mol. The van der Waals surface area contributed by atoms with Gasteiger partial charge in [-0.25, -0.2) is 13.4 Å². The molecular formula is C28H35N9O2S. The molecule has 210 valence electrons. The summed E-state index contributed by atoms with van der Waals surface area (Å²) in [5, 5.41) is 12.6. The number of nitrogens with one attached hydrogen (secondary N) is 1.